The standard InChI is InChI=1S/C18H15FN2O/c19-17-7-11(1-2-13(17)8-20)14-5-15(10-21-9-14)18-16-6-12(16)3-4-22-18/h1-2,5,7,9-10,12,16,18H,3-4,6H2. The summed E-state index contributed by atoms with van der Waals surface area (Å²) in [6, 6.07) is 8.51. The molecule has 4 heteroatoms. The molecule has 0 spiro atoms. The normalized spacial score (nSPS) is 26.1. The van der Waals surface area contributed by atoms with Gasteiger partial charge in [-0.25, -0.2) is 4.39 Å². The first-order valence-electron chi connectivity index (χ1n) is 7.53. The van der Waals surface area contributed by atoms with E-state index in [1.807, 2.05) is 18.3 Å². The van der Waals surface area contributed by atoms with E-state index < -0.39 is 5.82 Å². The third-order valence-electron chi connectivity index (χ3n) is 4.66. The number of hydrogen-bond acceptors (Lipinski definition) is 3. The van der Waals surface area contributed by atoms with Gasteiger partial charge in [0.05, 0.1) is 11.7 Å². The second-order valence-corrected chi connectivity index (χ2v) is 6.05. The molecule has 3 atom stereocenters. The van der Waals surface area contributed by atoms with Crippen LogP contribution in [0, 0.1) is 29.0 Å². The maximum atomic E-state index is 13.8. The number of hydrogen-bond donors (Lipinski definition) is 0. The zero-order valence-electron chi connectivity index (χ0n) is 12.0. The lowest BCUT2D eigenvalue weighted by atomic mass is 9.98. The number of benzene rings is 1. The zero-order chi connectivity index (χ0) is 15.1. The van der Waals surface area contributed by atoms with Crippen LogP contribution in [0.2, 0.25) is 0 Å². The van der Waals surface area contributed by atoms with Crippen molar-refractivity contribution in [3.05, 3.63) is 53.6 Å². The van der Waals surface area contributed by atoms with Crippen molar-refractivity contribution in [2.75, 3.05) is 6.61 Å². The second kappa shape index (κ2) is 5.19. The molecular formula is C18H15FN2O. The summed E-state index contributed by atoms with van der Waals surface area (Å²) < 4.78 is 19.7. The first-order chi connectivity index (χ1) is 10.8. The molecule has 3 nitrogen and oxygen atoms in total. The van der Waals surface area contributed by atoms with E-state index in [0.717, 1.165) is 35.6 Å². The predicted octanol–water partition coefficient (Wildman–Crippen LogP) is 3.86. The summed E-state index contributed by atoms with van der Waals surface area (Å²) in [6.45, 7) is 0.807. The van der Waals surface area contributed by atoms with Gasteiger partial charge in [0.1, 0.15) is 11.9 Å². The van der Waals surface area contributed by atoms with Crippen LogP contribution in [0.25, 0.3) is 11.1 Å². The number of pyridine rings is 1. The van der Waals surface area contributed by atoms with E-state index in [-0.39, 0.29) is 11.7 Å². The van der Waals surface area contributed by atoms with Crippen LogP contribution in [0.4, 0.5) is 4.39 Å². The van der Waals surface area contributed by atoms with E-state index in [1.165, 1.54) is 18.6 Å². The van der Waals surface area contributed by atoms with Gasteiger partial charge in [-0.3, -0.25) is 4.98 Å². The molecule has 1 saturated heterocycles. The number of ether oxygens (including phenoxy) is 1. The van der Waals surface area contributed by atoms with Gasteiger partial charge in [-0.05, 0) is 54.0 Å². The van der Waals surface area contributed by atoms with E-state index >= 15 is 0 Å². The summed E-state index contributed by atoms with van der Waals surface area (Å²) in [5, 5.41) is 8.81. The van der Waals surface area contributed by atoms with Crippen molar-refractivity contribution in [3.63, 3.8) is 0 Å². The molecule has 2 heterocycles. The van der Waals surface area contributed by atoms with E-state index in [9.17, 15) is 4.39 Å². The van der Waals surface area contributed by atoms with Crippen molar-refractivity contribution < 1.29 is 9.13 Å². The van der Waals surface area contributed by atoms with E-state index in [2.05, 4.69) is 4.98 Å². The lowest BCUT2D eigenvalue weighted by Gasteiger charge is -2.22. The van der Waals surface area contributed by atoms with Crippen LogP contribution in [0.15, 0.2) is 36.7 Å². The van der Waals surface area contributed by atoms with Gasteiger partial charge < -0.3 is 4.74 Å². The number of fused-ring (bicyclic) bond motifs is 1. The Balaban J connectivity index is 1.67. The van der Waals surface area contributed by atoms with Crippen LogP contribution >= 0.6 is 0 Å². The Morgan fingerprint density at radius 2 is 2.14 bits per heavy atom. The van der Waals surface area contributed by atoms with Crippen LogP contribution < -0.4 is 0 Å². The SMILES string of the molecule is N#Cc1ccc(-c2cncc(C3OCCC4CC43)c2)cc1F. The van der Waals surface area contributed by atoms with E-state index in [1.54, 1.807) is 12.3 Å². The second-order valence-electron chi connectivity index (χ2n) is 6.05. The Labute approximate surface area is 128 Å². The van der Waals surface area contributed by atoms with Crippen LogP contribution in [0.5, 0.6) is 0 Å². The summed E-state index contributed by atoms with van der Waals surface area (Å²) in [4.78, 5) is 4.29. The maximum absolute atomic E-state index is 13.8. The summed E-state index contributed by atoms with van der Waals surface area (Å²) >= 11 is 0. The summed E-state index contributed by atoms with van der Waals surface area (Å²) in [5.74, 6) is 0.917. The molecule has 0 radical (unpaired) electrons. The Hall–Kier alpha value is -2.25. The Morgan fingerprint density at radius 1 is 1.23 bits per heavy atom. The molecule has 1 aromatic carbocycles. The first kappa shape index (κ1) is 13.4. The zero-order valence-corrected chi connectivity index (χ0v) is 12.0. The quantitative estimate of drug-likeness (QED) is 0.845. The van der Waals surface area contributed by atoms with Crippen molar-refractivity contribution >= 4 is 0 Å². The minimum atomic E-state index is -0.499. The van der Waals surface area contributed by atoms with Gasteiger partial charge >= 0.3 is 0 Å². The van der Waals surface area contributed by atoms with Gasteiger partial charge in [-0.15, -0.1) is 0 Å². The molecule has 22 heavy (non-hydrogen) atoms. The Bertz CT molecular complexity index is 768. The smallest absolute Gasteiger partial charge is 0.141 e. The molecule has 1 aliphatic carbocycles. The molecule has 2 fully saturated rings. The molecule has 0 N–H and O–H groups in total. The lowest BCUT2D eigenvalue weighted by Crippen LogP contribution is -2.14. The van der Waals surface area contributed by atoms with Crippen molar-refractivity contribution in [1.82, 2.24) is 4.98 Å². The monoisotopic (exact) mass is 294 g/mol. The topological polar surface area (TPSA) is 45.9 Å². The highest BCUT2D eigenvalue weighted by Crippen LogP contribution is 2.54. The number of nitrogens with zero attached hydrogens (tertiary/aromatic N) is 2. The van der Waals surface area contributed by atoms with Crippen molar-refractivity contribution in [3.8, 4) is 17.2 Å². The minimum absolute atomic E-state index is 0.0595. The van der Waals surface area contributed by atoms with Crippen LogP contribution in [0.1, 0.15) is 30.1 Å². The molecule has 0 bridgehead atoms. The molecule has 1 saturated carbocycles. The predicted molar refractivity (Wildman–Crippen MR) is 79.3 cm³/mol. The van der Waals surface area contributed by atoms with Gasteiger partial charge in [0, 0.05) is 24.6 Å². The Kier molecular flexibility index (Phi) is 3.16. The fourth-order valence-electron chi connectivity index (χ4n) is 3.34. The highest BCUT2D eigenvalue weighted by Gasteiger charge is 2.46. The Morgan fingerprint density at radius 3 is 2.95 bits per heavy atom. The van der Waals surface area contributed by atoms with Gasteiger partial charge in [-0.2, -0.15) is 5.26 Å². The average Bonchev–Trinajstić information content (AvgIpc) is 3.34. The van der Waals surface area contributed by atoms with E-state index in [4.69, 9.17) is 10.00 Å². The first-order valence-corrected chi connectivity index (χ1v) is 7.53. The average molecular weight is 294 g/mol. The third-order valence-corrected chi connectivity index (χ3v) is 4.66. The van der Waals surface area contributed by atoms with Crippen LogP contribution in [-0.2, 0) is 4.74 Å². The molecule has 4 rings (SSSR count). The number of nitriles is 1. The van der Waals surface area contributed by atoms with Gasteiger partial charge in [0.25, 0.3) is 0 Å². The molecule has 2 aliphatic rings. The highest BCUT2D eigenvalue weighted by atomic mass is 19.1. The minimum Gasteiger partial charge on any atom is -0.373 e. The van der Waals surface area contributed by atoms with Crippen molar-refractivity contribution in [2.24, 2.45) is 11.8 Å². The molecule has 1 aliphatic heterocycles. The molecule has 110 valence electrons. The van der Waals surface area contributed by atoms with Crippen molar-refractivity contribution in [1.29, 1.82) is 5.26 Å². The molecular weight excluding hydrogens is 279 g/mol. The molecule has 3 unspecified atom stereocenters. The molecule has 2 aromatic rings. The van der Waals surface area contributed by atoms with E-state index in [0.29, 0.717) is 5.92 Å². The number of halogens is 1. The fourth-order valence-corrected chi connectivity index (χ4v) is 3.34. The largest absolute Gasteiger partial charge is 0.373 e. The van der Waals surface area contributed by atoms with Crippen molar-refractivity contribution in [2.45, 2.75) is 18.9 Å². The number of aromatic nitrogens is 1. The summed E-state index contributed by atoms with van der Waals surface area (Å²) in [5.41, 5.74) is 2.71. The van der Waals surface area contributed by atoms with Crippen LogP contribution in [0.3, 0.4) is 0 Å². The highest BCUT2D eigenvalue weighted by molar-refractivity contribution is 5.64. The van der Waals surface area contributed by atoms with Crippen LogP contribution in [-0.4, -0.2) is 11.6 Å². The summed E-state index contributed by atoms with van der Waals surface area (Å²) in [6.07, 6.45) is 6.08. The lowest BCUT2D eigenvalue weighted by molar-refractivity contribution is 0.00541. The molecule has 1 aromatic heterocycles. The summed E-state index contributed by atoms with van der Waals surface area (Å²) in [7, 11) is 0. The fraction of sp³-hybridized carbons (Fsp3) is 0.333. The maximum Gasteiger partial charge on any atom is 0.141 e. The van der Waals surface area contributed by atoms with Gasteiger partial charge in [0.2, 0.25) is 0 Å². The third kappa shape index (κ3) is 2.28. The van der Waals surface area contributed by atoms with Gasteiger partial charge in [0.15, 0.2) is 0 Å². The molecule has 0 amide bonds. The van der Waals surface area contributed by atoms with Gasteiger partial charge in [-0.1, -0.05) is 6.07 Å². The number of rotatable bonds is 2.